The Kier molecular flexibility index (Phi) is 6.13. The van der Waals surface area contributed by atoms with Gasteiger partial charge in [-0.3, -0.25) is 4.79 Å². The first-order valence-electron chi connectivity index (χ1n) is 6.16. The number of aliphatic hydroxyl groups is 1. The van der Waals surface area contributed by atoms with Crippen LogP contribution in [0.15, 0.2) is 12.2 Å². The minimum absolute atomic E-state index is 0.0613. The minimum atomic E-state index is -1.64. The summed E-state index contributed by atoms with van der Waals surface area (Å²) in [6.45, 7) is 12.4. The summed E-state index contributed by atoms with van der Waals surface area (Å²) in [7, 11) is -1.64. The second kappa shape index (κ2) is 6.35. The lowest BCUT2D eigenvalue weighted by molar-refractivity contribution is -0.145. The Morgan fingerprint density at radius 1 is 1.24 bits per heavy atom. The first-order valence-corrected chi connectivity index (χ1v) is 9.74. The molecule has 0 bridgehead atoms. The molecule has 0 saturated heterocycles. The monoisotopic (exact) mass is 258 g/mol. The van der Waals surface area contributed by atoms with Crippen LogP contribution < -0.4 is 0 Å². The van der Waals surface area contributed by atoms with Crippen LogP contribution in [-0.4, -0.2) is 30.4 Å². The van der Waals surface area contributed by atoms with Gasteiger partial charge in [-0.25, -0.2) is 0 Å². The van der Waals surface area contributed by atoms with Crippen LogP contribution in [0.1, 0.15) is 20.8 Å². The second-order valence-electron chi connectivity index (χ2n) is 6.02. The molecule has 0 spiro atoms. The summed E-state index contributed by atoms with van der Waals surface area (Å²) in [6, 6.07) is 0. The van der Waals surface area contributed by atoms with E-state index in [0.29, 0.717) is 0 Å². The zero-order chi connectivity index (χ0) is 13.8. The molecule has 100 valence electrons. The van der Waals surface area contributed by atoms with Gasteiger partial charge >= 0.3 is 5.97 Å². The highest BCUT2D eigenvalue weighted by molar-refractivity contribution is 6.77. The third-order valence-electron chi connectivity index (χ3n) is 3.15. The number of allylic oxidation sites excluding steroid dienone is 1. The van der Waals surface area contributed by atoms with Crippen LogP contribution >= 0.6 is 0 Å². The largest absolute Gasteiger partial charge is 0.481 e. The van der Waals surface area contributed by atoms with Crippen molar-refractivity contribution in [1.29, 1.82) is 0 Å². The number of hydrogen-bond acceptors (Lipinski definition) is 2. The van der Waals surface area contributed by atoms with Crippen LogP contribution in [0.2, 0.25) is 25.2 Å². The van der Waals surface area contributed by atoms with Gasteiger partial charge in [0, 0.05) is 8.07 Å². The molecule has 3 atom stereocenters. The van der Waals surface area contributed by atoms with Crippen molar-refractivity contribution in [3.8, 4) is 0 Å². The third-order valence-corrected chi connectivity index (χ3v) is 6.17. The molecule has 0 aliphatic carbocycles. The van der Waals surface area contributed by atoms with Crippen molar-refractivity contribution in [2.75, 3.05) is 0 Å². The van der Waals surface area contributed by atoms with Crippen molar-refractivity contribution in [3.05, 3.63) is 12.2 Å². The van der Waals surface area contributed by atoms with Crippen molar-refractivity contribution in [2.24, 2.45) is 11.8 Å². The van der Waals surface area contributed by atoms with Gasteiger partial charge in [-0.2, -0.15) is 0 Å². The molecule has 2 N–H and O–H groups in total. The van der Waals surface area contributed by atoms with Crippen LogP contribution in [0, 0.1) is 11.8 Å². The van der Waals surface area contributed by atoms with E-state index in [1.807, 2.05) is 13.8 Å². The number of rotatable bonds is 6. The van der Waals surface area contributed by atoms with Crippen molar-refractivity contribution in [3.63, 3.8) is 0 Å². The molecule has 0 aromatic heterocycles. The van der Waals surface area contributed by atoms with Gasteiger partial charge in [0.25, 0.3) is 0 Å². The van der Waals surface area contributed by atoms with Gasteiger partial charge in [0.15, 0.2) is 0 Å². The number of aliphatic hydroxyl groups excluding tert-OH is 1. The van der Waals surface area contributed by atoms with Gasteiger partial charge in [0.1, 0.15) is 0 Å². The van der Waals surface area contributed by atoms with Crippen molar-refractivity contribution in [1.82, 2.24) is 0 Å². The summed E-state index contributed by atoms with van der Waals surface area (Å²) in [5, 5.41) is 19.4. The van der Waals surface area contributed by atoms with Gasteiger partial charge in [-0.1, -0.05) is 45.6 Å². The SMILES string of the molecule is C/C=C/[C@H](O)[C@H](C(=O)O)[C@H](C(C)C)[Si](C)(C)C. The number of carboxylic acids is 1. The lowest BCUT2D eigenvalue weighted by atomic mass is 9.91. The van der Waals surface area contributed by atoms with E-state index in [1.165, 1.54) is 0 Å². The highest BCUT2D eigenvalue weighted by atomic mass is 28.3. The van der Waals surface area contributed by atoms with Crippen LogP contribution in [0.3, 0.4) is 0 Å². The molecule has 0 heterocycles. The molecular weight excluding hydrogens is 232 g/mol. The zero-order valence-electron chi connectivity index (χ0n) is 11.8. The Balaban J connectivity index is 5.33. The number of carboxylic acid groups (broad SMARTS) is 1. The Morgan fingerprint density at radius 2 is 1.71 bits per heavy atom. The zero-order valence-corrected chi connectivity index (χ0v) is 12.8. The summed E-state index contributed by atoms with van der Waals surface area (Å²) in [5.41, 5.74) is 0.0613. The van der Waals surface area contributed by atoms with Gasteiger partial charge in [-0.05, 0) is 18.4 Å². The average Bonchev–Trinajstić information content (AvgIpc) is 2.10. The van der Waals surface area contributed by atoms with Crippen molar-refractivity contribution in [2.45, 2.75) is 52.1 Å². The van der Waals surface area contributed by atoms with Gasteiger partial charge in [0.2, 0.25) is 0 Å². The first-order chi connectivity index (χ1) is 7.62. The van der Waals surface area contributed by atoms with E-state index >= 15 is 0 Å². The molecule has 0 fully saturated rings. The smallest absolute Gasteiger partial charge is 0.309 e. The molecule has 0 rings (SSSR count). The molecule has 0 aliphatic rings. The van der Waals surface area contributed by atoms with Crippen LogP contribution in [-0.2, 0) is 4.79 Å². The molecule has 0 aromatic rings. The number of carbonyl (C=O) groups is 1. The van der Waals surface area contributed by atoms with Crippen LogP contribution in [0.5, 0.6) is 0 Å². The van der Waals surface area contributed by atoms with E-state index in [4.69, 9.17) is 0 Å². The molecule has 0 saturated carbocycles. The highest BCUT2D eigenvalue weighted by Gasteiger charge is 2.42. The quantitative estimate of drug-likeness (QED) is 0.569. The van der Waals surface area contributed by atoms with Crippen molar-refractivity contribution < 1.29 is 15.0 Å². The number of hydrogen-bond donors (Lipinski definition) is 2. The molecule has 0 radical (unpaired) electrons. The maximum atomic E-state index is 11.4. The molecule has 3 nitrogen and oxygen atoms in total. The molecule has 4 heteroatoms. The average molecular weight is 258 g/mol. The van der Waals surface area contributed by atoms with E-state index in [0.717, 1.165) is 0 Å². The lowest BCUT2D eigenvalue weighted by Gasteiger charge is -2.38. The van der Waals surface area contributed by atoms with Crippen LogP contribution in [0.25, 0.3) is 0 Å². The summed E-state index contributed by atoms with van der Waals surface area (Å²) in [5.74, 6) is -1.32. The molecule has 17 heavy (non-hydrogen) atoms. The highest BCUT2D eigenvalue weighted by Crippen LogP contribution is 2.39. The summed E-state index contributed by atoms with van der Waals surface area (Å²) < 4.78 is 0. The summed E-state index contributed by atoms with van der Waals surface area (Å²) in [4.78, 5) is 11.4. The maximum Gasteiger partial charge on any atom is 0.309 e. The third kappa shape index (κ3) is 4.64. The number of aliphatic carboxylic acids is 1. The van der Waals surface area contributed by atoms with Gasteiger partial charge in [-0.15, -0.1) is 0 Å². The van der Waals surface area contributed by atoms with Gasteiger partial charge < -0.3 is 10.2 Å². The molecular formula is C13H26O3Si. The molecule has 0 unspecified atom stereocenters. The molecule has 0 aromatic carbocycles. The van der Waals surface area contributed by atoms with E-state index in [-0.39, 0.29) is 11.5 Å². The topological polar surface area (TPSA) is 57.5 Å². The normalized spacial score (nSPS) is 18.4. The summed E-state index contributed by atoms with van der Waals surface area (Å²) in [6.07, 6.45) is 2.40. The Labute approximate surface area is 106 Å². The fourth-order valence-corrected chi connectivity index (χ4v) is 6.20. The van der Waals surface area contributed by atoms with E-state index < -0.39 is 26.1 Å². The van der Waals surface area contributed by atoms with E-state index in [1.54, 1.807) is 19.1 Å². The predicted molar refractivity (Wildman–Crippen MR) is 73.9 cm³/mol. The summed E-state index contributed by atoms with van der Waals surface area (Å²) >= 11 is 0. The van der Waals surface area contributed by atoms with Gasteiger partial charge in [0.05, 0.1) is 12.0 Å². The van der Waals surface area contributed by atoms with Crippen molar-refractivity contribution >= 4 is 14.0 Å². The fourth-order valence-electron chi connectivity index (χ4n) is 2.78. The molecule has 0 aliphatic heterocycles. The first kappa shape index (κ1) is 16.4. The molecule has 0 amide bonds. The second-order valence-corrected chi connectivity index (χ2v) is 11.4. The Bertz CT molecular complexity index is 279. The van der Waals surface area contributed by atoms with Crippen LogP contribution in [0.4, 0.5) is 0 Å². The lowest BCUT2D eigenvalue weighted by Crippen LogP contribution is -2.44. The van der Waals surface area contributed by atoms with E-state index in [2.05, 4.69) is 19.6 Å². The predicted octanol–water partition coefficient (Wildman–Crippen LogP) is 2.99. The Hall–Kier alpha value is -0.613. The Morgan fingerprint density at radius 3 is 1.94 bits per heavy atom. The van der Waals surface area contributed by atoms with E-state index in [9.17, 15) is 15.0 Å². The minimum Gasteiger partial charge on any atom is -0.481 e. The maximum absolute atomic E-state index is 11.4. The fraction of sp³-hybridized carbons (Fsp3) is 0.769. The standard InChI is InChI=1S/C13H26O3Si/c1-7-8-10(14)11(13(15)16)12(9(2)3)17(4,5)6/h7-12,14H,1-6H3,(H,15,16)/b8-7+/t10-,11-,12-/m0/s1.